The van der Waals surface area contributed by atoms with Crippen molar-refractivity contribution in [2.45, 2.75) is 13.3 Å². The molecule has 3 aromatic rings. The highest BCUT2D eigenvalue weighted by molar-refractivity contribution is 5.87. The van der Waals surface area contributed by atoms with Crippen LogP contribution in [0.2, 0.25) is 0 Å². The molecule has 0 spiro atoms. The molecule has 4 nitrogen and oxygen atoms in total. The molecule has 0 atom stereocenters. The van der Waals surface area contributed by atoms with E-state index in [9.17, 15) is 5.11 Å². The molecule has 122 valence electrons. The van der Waals surface area contributed by atoms with Crippen LogP contribution in [-0.2, 0) is 0 Å². The van der Waals surface area contributed by atoms with Crippen molar-refractivity contribution >= 4 is 22.7 Å². The van der Waals surface area contributed by atoms with E-state index in [4.69, 9.17) is 4.74 Å². The van der Waals surface area contributed by atoms with E-state index in [1.165, 1.54) is 5.39 Å². The summed E-state index contributed by atoms with van der Waals surface area (Å²) in [6.45, 7) is 2.68. The molecule has 3 rings (SSSR count). The molecule has 0 saturated heterocycles. The van der Waals surface area contributed by atoms with Crippen molar-refractivity contribution in [3.05, 3.63) is 66.2 Å². The van der Waals surface area contributed by atoms with Gasteiger partial charge in [-0.25, -0.2) is 0 Å². The van der Waals surface area contributed by atoms with Gasteiger partial charge in [0.2, 0.25) is 0 Å². The maximum absolute atomic E-state index is 10.0. The second kappa shape index (κ2) is 7.51. The molecule has 0 fully saturated rings. The maximum atomic E-state index is 10.0. The first-order valence-corrected chi connectivity index (χ1v) is 8.00. The van der Waals surface area contributed by atoms with Crippen LogP contribution in [0.3, 0.4) is 0 Å². The lowest BCUT2D eigenvalue weighted by Gasteiger charge is -2.06. The lowest BCUT2D eigenvalue weighted by molar-refractivity contribution is 0.315. The third-order valence-electron chi connectivity index (χ3n) is 3.62. The number of ether oxygens (including phenoxy) is 1. The lowest BCUT2D eigenvalue weighted by atomic mass is 10.1. The number of phenolic OH excluding ortho intramolecular Hbond substituents is 1. The first-order valence-electron chi connectivity index (χ1n) is 8.00. The summed E-state index contributed by atoms with van der Waals surface area (Å²) in [5.41, 5.74) is 4.52. The summed E-state index contributed by atoms with van der Waals surface area (Å²) in [5, 5.41) is 16.6. The third-order valence-corrected chi connectivity index (χ3v) is 3.62. The molecule has 24 heavy (non-hydrogen) atoms. The Bertz CT molecular complexity index is 859. The number of hydrazone groups is 1. The van der Waals surface area contributed by atoms with Gasteiger partial charge in [0, 0.05) is 11.6 Å². The highest BCUT2D eigenvalue weighted by atomic mass is 16.5. The molecule has 0 saturated carbocycles. The molecule has 0 aliphatic heterocycles. The predicted octanol–water partition coefficient (Wildman–Crippen LogP) is 4.78. The molecular weight excluding hydrogens is 300 g/mol. The average molecular weight is 320 g/mol. The summed E-state index contributed by atoms with van der Waals surface area (Å²) < 4.78 is 5.49. The number of hydrogen-bond donors (Lipinski definition) is 2. The first kappa shape index (κ1) is 15.9. The monoisotopic (exact) mass is 320 g/mol. The summed E-state index contributed by atoms with van der Waals surface area (Å²) in [6.07, 6.45) is 2.52. The molecule has 2 N–H and O–H groups in total. The van der Waals surface area contributed by atoms with Gasteiger partial charge in [-0.3, -0.25) is 5.43 Å². The van der Waals surface area contributed by atoms with Crippen molar-refractivity contribution in [2.75, 3.05) is 12.0 Å². The molecule has 0 amide bonds. The normalized spacial score (nSPS) is 11.0. The van der Waals surface area contributed by atoms with Crippen LogP contribution in [0.1, 0.15) is 18.9 Å². The van der Waals surface area contributed by atoms with Crippen molar-refractivity contribution in [1.82, 2.24) is 0 Å². The van der Waals surface area contributed by atoms with Gasteiger partial charge in [0.1, 0.15) is 11.5 Å². The number of anilines is 1. The Morgan fingerprint density at radius 1 is 1.04 bits per heavy atom. The minimum atomic E-state index is 0.146. The van der Waals surface area contributed by atoms with E-state index in [1.807, 2.05) is 43.3 Å². The van der Waals surface area contributed by atoms with Gasteiger partial charge in [-0.05, 0) is 41.5 Å². The molecule has 0 aliphatic rings. The average Bonchev–Trinajstić information content (AvgIpc) is 2.61. The fraction of sp³-hybridized carbons (Fsp3) is 0.150. The number of nitrogens with one attached hydrogen (secondary N) is 1. The zero-order chi connectivity index (χ0) is 16.8. The van der Waals surface area contributed by atoms with Crippen LogP contribution in [0.4, 0.5) is 5.69 Å². The Morgan fingerprint density at radius 2 is 1.88 bits per heavy atom. The number of phenols is 1. The highest BCUT2D eigenvalue weighted by Gasteiger charge is 2.01. The van der Waals surface area contributed by atoms with Gasteiger partial charge in [0.05, 0.1) is 18.5 Å². The minimum Gasteiger partial charge on any atom is -0.507 e. The number of benzene rings is 3. The Morgan fingerprint density at radius 3 is 2.67 bits per heavy atom. The van der Waals surface area contributed by atoms with E-state index in [2.05, 4.69) is 22.7 Å². The molecule has 0 unspecified atom stereocenters. The molecule has 0 aromatic heterocycles. The highest BCUT2D eigenvalue weighted by Crippen LogP contribution is 2.23. The van der Waals surface area contributed by atoms with Crippen LogP contribution >= 0.6 is 0 Å². The van der Waals surface area contributed by atoms with E-state index in [-0.39, 0.29) is 5.75 Å². The van der Waals surface area contributed by atoms with Crippen LogP contribution in [0.25, 0.3) is 10.8 Å². The van der Waals surface area contributed by atoms with Crippen LogP contribution in [0.15, 0.2) is 65.8 Å². The SMILES string of the molecule is CCCOc1ccc(C=NNc2ccc3ccccc3c2)c(O)c1. The number of nitrogens with zero attached hydrogens (tertiary/aromatic N) is 1. The molecule has 3 aromatic carbocycles. The topological polar surface area (TPSA) is 53.8 Å². The summed E-state index contributed by atoms with van der Waals surface area (Å²) in [4.78, 5) is 0. The maximum Gasteiger partial charge on any atom is 0.128 e. The quantitative estimate of drug-likeness (QED) is 0.507. The van der Waals surface area contributed by atoms with Crippen LogP contribution in [0.5, 0.6) is 11.5 Å². The summed E-state index contributed by atoms with van der Waals surface area (Å²) in [5.74, 6) is 0.807. The second-order valence-electron chi connectivity index (χ2n) is 5.50. The van der Waals surface area contributed by atoms with Gasteiger partial charge >= 0.3 is 0 Å². The molecule has 4 heteroatoms. The Labute approximate surface area is 141 Å². The smallest absolute Gasteiger partial charge is 0.128 e. The largest absolute Gasteiger partial charge is 0.507 e. The zero-order valence-electron chi connectivity index (χ0n) is 13.6. The Balaban J connectivity index is 1.68. The van der Waals surface area contributed by atoms with E-state index in [1.54, 1.807) is 18.3 Å². The second-order valence-corrected chi connectivity index (χ2v) is 5.50. The Hall–Kier alpha value is -3.01. The van der Waals surface area contributed by atoms with Crippen LogP contribution < -0.4 is 10.2 Å². The Kier molecular flexibility index (Phi) is 4.96. The van der Waals surface area contributed by atoms with Crippen LogP contribution in [0, 0.1) is 0 Å². The summed E-state index contributed by atoms with van der Waals surface area (Å²) in [6, 6.07) is 19.4. The third kappa shape index (κ3) is 3.84. The molecular formula is C20H20N2O2. The fourth-order valence-electron chi connectivity index (χ4n) is 2.38. The predicted molar refractivity (Wildman–Crippen MR) is 99.1 cm³/mol. The van der Waals surface area contributed by atoms with Crippen LogP contribution in [-0.4, -0.2) is 17.9 Å². The number of hydrogen-bond acceptors (Lipinski definition) is 4. The van der Waals surface area contributed by atoms with E-state index in [0.717, 1.165) is 17.5 Å². The fourth-order valence-corrected chi connectivity index (χ4v) is 2.38. The van der Waals surface area contributed by atoms with Crippen molar-refractivity contribution in [3.63, 3.8) is 0 Å². The van der Waals surface area contributed by atoms with Crippen molar-refractivity contribution < 1.29 is 9.84 Å². The van der Waals surface area contributed by atoms with Crippen molar-refractivity contribution in [1.29, 1.82) is 0 Å². The minimum absolute atomic E-state index is 0.146. The number of rotatable bonds is 6. The van der Waals surface area contributed by atoms with E-state index in [0.29, 0.717) is 17.9 Å². The lowest BCUT2D eigenvalue weighted by Crippen LogP contribution is -1.96. The van der Waals surface area contributed by atoms with Gasteiger partial charge in [0.25, 0.3) is 0 Å². The van der Waals surface area contributed by atoms with E-state index >= 15 is 0 Å². The first-order chi connectivity index (χ1) is 11.8. The standard InChI is InChI=1S/C20H20N2O2/c1-2-11-24-19-10-8-17(20(23)13-19)14-21-22-18-9-7-15-5-3-4-6-16(15)12-18/h3-10,12-14,22-23H,2,11H2,1H3. The van der Waals surface area contributed by atoms with E-state index < -0.39 is 0 Å². The molecule has 0 radical (unpaired) electrons. The molecule has 0 heterocycles. The molecule has 0 aliphatic carbocycles. The summed E-state index contributed by atoms with van der Waals surface area (Å²) >= 11 is 0. The number of aromatic hydroxyl groups is 1. The van der Waals surface area contributed by atoms with Crippen molar-refractivity contribution in [2.24, 2.45) is 5.10 Å². The number of fused-ring (bicyclic) bond motifs is 1. The van der Waals surface area contributed by atoms with Gasteiger partial charge < -0.3 is 9.84 Å². The van der Waals surface area contributed by atoms with Gasteiger partial charge in [-0.2, -0.15) is 5.10 Å². The summed E-state index contributed by atoms with van der Waals surface area (Å²) in [7, 11) is 0. The van der Waals surface area contributed by atoms with Gasteiger partial charge in [0.15, 0.2) is 0 Å². The van der Waals surface area contributed by atoms with Gasteiger partial charge in [-0.15, -0.1) is 0 Å². The van der Waals surface area contributed by atoms with Crippen molar-refractivity contribution in [3.8, 4) is 11.5 Å². The van der Waals surface area contributed by atoms with Gasteiger partial charge in [-0.1, -0.05) is 37.3 Å². The zero-order valence-corrected chi connectivity index (χ0v) is 13.6. The molecule has 0 bridgehead atoms.